The first-order valence-electron chi connectivity index (χ1n) is 8.39. The molecule has 0 aliphatic carbocycles. The van der Waals surface area contributed by atoms with E-state index < -0.39 is 17.5 Å². The summed E-state index contributed by atoms with van der Waals surface area (Å²) in [4.78, 5) is 6.36. The third kappa shape index (κ3) is 3.20. The van der Waals surface area contributed by atoms with Gasteiger partial charge in [0.25, 0.3) is 0 Å². The second-order valence-corrected chi connectivity index (χ2v) is 6.57. The van der Waals surface area contributed by atoms with Gasteiger partial charge in [0.2, 0.25) is 0 Å². The van der Waals surface area contributed by atoms with Crippen LogP contribution in [0.3, 0.4) is 0 Å². The summed E-state index contributed by atoms with van der Waals surface area (Å²) in [5.74, 6) is -3.75. The number of halogens is 3. The highest BCUT2D eigenvalue weighted by Gasteiger charge is 2.23. The Morgan fingerprint density at radius 2 is 1.92 bits per heavy atom. The van der Waals surface area contributed by atoms with E-state index in [0.717, 1.165) is 28.7 Å². The number of ether oxygens (including phenoxy) is 1. The minimum Gasteiger partial charge on any atom is -0.371 e. The molecule has 4 rings (SSSR count). The van der Waals surface area contributed by atoms with Crippen molar-refractivity contribution in [2.75, 3.05) is 19.7 Å². The molecule has 1 aliphatic heterocycles. The van der Waals surface area contributed by atoms with Crippen molar-refractivity contribution in [1.29, 1.82) is 0 Å². The topological polar surface area (TPSA) is 30.3 Å². The molecule has 0 radical (unpaired) electrons. The van der Waals surface area contributed by atoms with Crippen LogP contribution < -0.4 is 0 Å². The van der Waals surface area contributed by atoms with Gasteiger partial charge in [-0.05, 0) is 35.4 Å². The number of benzene rings is 2. The highest BCUT2D eigenvalue weighted by molar-refractivity contribution is 5.76. The average Bonchev–Trinajstić information content (AvgIpc) is 3.00. The molecular formula is C19H18F3N3O. The van der Waals surface area contributed by atoms with Crippen molar-refractivity contribution >= 4 is 11.0 Å². The first-order chi connectivity index (χ1) is 12.5. The molecule has 1 fully saturated rings. The van der Waals surface area contributed by atoms with E-state index in [1.807, 2.05) is 34.7 Å². The van der Waals surface area contributed by atoms with Crippen LogP contribution >= 0.6 is 0 Å². The number of imidazole rings is 1. The molecule has 1 saturated heterocycles. The molecule has 0 saturated carbocycles. The van der Waals surface area contributed by atoms with Gasteiger partial charge in [0.15, 0.2) is 17.5 Å². The van der Waals surface area contributed by atoms with Crippen LogP contribution in [0, 0.1) is 17.5 Å². The van der Waals surface area contributed by atoms with Gasteiger partial charge in [-0.15, -0.1) is 0 Å². The standard InChI is InChI=1S/C19H18F3N3O/c1-24-11-23-16-3-2-13(8-17(16)24)18-10-25(4-5-26-18)9-12-6-14(20)19(22)15(21)7-12/h2-3,6-8,11,18H,4-5,9-10H2,1H3. The van der Waals surface area contributed by atoms with Crippen molar-refractivity contribution in [2.45, 2.75) is 12.6 Å². The van der Waals surface area contributed by atoms with Crippen molar-refractivity contribution < 1.29 is 17.9 Å². The summed E-state index contributed by atoms with van der Waals surface area (Å²) in [6.45, 7) is 2.08. The quantitative estimate of drug-likeness (QED) is 0.668. The van der Waals surface area contributed by atoms with Crippen LogP contribution in [0.1, 0.15) is 17.2 Å². The van der Waals surface area contributed by atoms with Gasteiger partial charge < -0.3 is 9.30 Å². The number of nitrogens with zero attached hydrogens (tertiary/aromatic N) is 3. The molecule has 26 heavy (non-hydrogen) atoms. The van der Waals surface area contributed by atoms with E-state index >= 15 is 0 Å². The average molecular weight is 361 g/mol. The van der Waals surface area contributed by atoms with Crippen molar-refractivity contribution in [3.05, 3.63) is 65.2 Å². The first-order valence-corrected chi connectivity index (χ1v) is 8.39. The summed E-state index contributed by atoms with van der Waals surface area (Å²) in [5.41, 5.74) is 3.37. The molecule has 0 amide bonds. The number of fused-ring (bicyclic) bond motifs is 1. The Morgan fingerprint density at radius 3 is 2.69 bits per heavy atom. The zero-order valence-corrected chi connectivity index (χ0v) is 14.3. The van der Waals surface area contributed by atoms with Gasteiger partial charge in [0.1, 0.15) is 0 Å². The fourth-order valence-electron chi connectivity index (χ4n) is 3.35. The van der Waals surface area contributed by atoms with E-state index in [-0.39, 0.29) is 6.10 Å². The second kappa shape index (κ2) is 6.74. The van der Waals surface area contributed by atoms with Crippen LogP contribution in [0.5, 0.6) is 0 Å². The molecule has 2 heterocycles. The molecule has 3 aromatic rings. The summed E-state index contributed by atoms with van der Waals surface area (Å²) in [5, 5.41) is 0. The minimum absolute atomic E-state index is 0.141. The molecule has 0 spiro atoms. The number of rotatable bonds is 3. The van der Waals surface area contributed by atoms with Crippen LogP contribution in [0.25, 0.3) is 11.0 Å². The van der Waals surface area contributed by atoms with Crippen LogP contribution in [0.15, 0.2) is 36.7 Å². The van der Waals surface area contributed by atoms with Crippen molar-refractivity contribution in [2.24, 2.45) is 7.05 Å². The van der Waals surface area contributed by atoms with Crippen molar-refractivity contribution in [3.8, 4) is 0 Å². The fourth-order valence-corrected chi connectivity index (χ4v) is 3.35. The molecule has 1 aromatic heterocycles. The van der Waals surface area contributed by atoms with Gasteiger partial charge in [-0.25, -0.2) is 18.2 Å². The lowest BCUT2D eigenvalue weighted by Crippen LogP contribution is -2.37. The van der Waals surface area contributed by atoms with Gasteiger partial charge in [-0.1, -0.05) is 6.07 Å². The minimum atomic E-state index is -1.43. The molecule has 2 aromatic carbocycles. The molecular weight excluding hydrogens is 343 g/mol. The van der Waals surface area contributed by atoms with Crippen molar-refractivity contribution in [3.63, 3.8) is 0 Å². The zero-order valence-electron chi connectivity index (χ0n) is 14.3. The summed E-state index contributed by atoms with van der Waals surface area (Å²) in [6, 6.07) is 8.08. The van der Waals surface area contributed by atoms with Gasteiger partial charge in [-0.3, -0.25) is 4.90 Å². The number of hydrogen-bond acceptors (Lipinski definition) is 3. The lowest BCUT2D eigenvalue weighted by atomic mass is 10.1. The van der Waals surface area contributed by atoms with Crippen LogP contribution in [0.2, 0.25) is 0 Å². The number of morpholine rings is 1. The van der Waals surface area contributed by atoms with Crippen LogP contribution in [0.4, 0.5) is 13.2 Å². The molecule has 4 nitrogen and oxygen atoms in total. The van der Waals surface area contributed by atoms with E-state index in [1.54, 1.807) is 6.33 Å². The summed E-state index contributed by atoms with van der Waals surface area (Å²) >= 11 is 0. The first kappa shape index (κ1) is 17.1. The third-order valence-corrected chi connectivity index (χ3v) is 4.72. The largest absolute Gasteiger partial charge is 0.371 e. The Bertz CT molecular complexity index is 933. The maximum absolute atomic E-state index is 13.4. The van der Waals surface area contributed by atoms with Gasteiger partial charge in [0.05, 0.1) is 30.1 Å². The van der Waals surface area contributed by atoms with E-state index in [4.69, 9.17) is 4.74 Å². The lowest BCUT2D eigenvalue weighted by Gasteiger charge is -2.33. The Kier molecular flexibility index (Phi) is 4.42. The highest BCUT2D eigenvalue weighted by atomic mass is 19.2. The Balaban J connectivity index is 1.52. The molecule has 1 aliphatic rings. The van der Waals surface area contributed by atoms with E-state index in [9.17, 15) is 13.2 Å². The third-order valence-electron chi connectivity index (χ3n) is 4.72. The van der Waals surface area contributed by atoms with E-state index in [0.29, 0.717) is 31.8 Å². The maximum Gasteiger partial charge on any atom is 0.194 e. The zero-order chi connectivity index (χ0) is 18.3. The van der Waals surface area contributed by atoms with Crippen molar-refractivity contribution in [1.82, 2.24) is 14.5 Å². The number of aryl methyl sites for hydroxylation is 1. The molecule has 0 N–H and O–H groups in total. The van der Waals surface area contributed by atoms with E-state index in [1.165, 1.54) is 0 Å². The monoisotopic (exact) mass is 361 g/mol. The number of hydrogen-bond donors (Lipinski definition) is 0. The van der Waals surface area contributed by atoms with Gasteiger partial charge in [0, 0.05) is 26.7 Å². The molecule has 136 valence electrons. The SMILES string of the molecule is Cn1cnc2ccc(C3CN(Cc4cc(F)c(F)c(F)c4)CCO3)cc21. The molecule has 1 atom stereocenters. The Hall–Kier alpha value is -2.38. The smallest absolute Gasteiger partial charge is 0.194 e. The maximum atomic E-state index is 13.4. The predicted octanol–water partition coefficient (Wildman–Crippen LogP) is 3.56. The second-order valence-electron chi connectivity index (χ2n) is 6.57. The Labute approximate surface area is 148 Å². The number of aromatic nitrogens is 2. The van der Waals surface area contributed by atoms with Crippen LogP contribution in [-0.2, 0) is 18.3 Å². The predicted molar refractivity (Wildman–Crippen MR) is 91.0 cm³/mol. The summed E-state index contributed by atoms with van der Waals surface area (Å²) in [7, 11) is 1.94. The Morgan fingerprint density at radius 1 is 1.15 bits per heavy atom. The summed E-state index contributed by atoms with van der Waals surface area (Å²) < 4.78 is 47.8. The van der Waals surface area contributed by atoms with Crippen LogP contribution in [-0.4, -0.2) is 34.1 Å². The highest BCUT2D eigenvalue weighted by Crippen LogP contribution is 2.26. The van der Waals surface area contributed by atoms with E-state index in [2.05, 4.69) is 4.98 Å². The molecule has 1 unspecified atom stereocenters. The fraction of sp³-hybridized carbons (Fsp3) is 0.316. The normalized spacial score (nSPS) is 18.5. The van der Waals surface area contributed by atoms with Gasteiger partial charge in [-0.2, -0.15) is 0 Å². The lowest BCUT2D eigenvalue weighted by molar-refractivity contribution is -0.0329. The summed E-state index contributed by atoms with van der Waals surface area (Å²) in [6.07, 6.45) is 1.62. The van der Waals surface area contributed by atoms with Gasteiger partial charge >= 0.3 is 0 Å². The molecule has 7 heteroatoms. The molecule has 0 bridgehead atoms.